The predicted octanol–water partition coefficient (Wildman–Crippen LogP) is 3.99. The summed E-state index contributed by atoms with van der Waals surface area (Å²) in [7, 11) is 2.07. The van der Waals surface area contributed by atoms with Gasteiger partial charge < -0.3 is 15.5 Å². The van der Waals surface area contributed by atoms with Gasteiger partial charge in [-0.3, -0.25) is 9.59 Å². The molecule has 0 saturated heterocycles. The smallest absolute Gasteiger partial charge is 0.242 e. The zero-order valence-corrected chi connectivity index (χ0v) is 19.4. The molecule has 0 spiro atoms. The van der Waals surface area contributed by atoms with Crippen molar-refractivity contribution in [3.8, 4) is 0 Å². The van der Waals surface area contributed by atoms with E-state index in [1.165, 1.54) is 24.9 Å². The zero-order valence-electron chi connectivity index (χ0n) is 19.4. The molecule has 5 nitrogen and oxygen atoms in total. The van der Waals surface area contributed by atoms with Crippen molar-refractivity contribution in [2.75, 3.05) is 25.0 Å². The quantitative estimate of drug-likeness (QED) is 0.588. The van der Waals surface area contributed by atoms with Crippen molar-refractivity contribution < 1.29 is 9.59 Å². The molecule has 4 saturated carbocycles. The van der Waals surface area contributed by atoms with E-state index >= 15 is 0 Å². The Labute approximate surface area is 187 Å². The van der Waals surface area contributed by atoms with Gasteiger partial charge in [0.05, 0.1) is 0 Å². The zero-order chi connectivity index (χ0) is 22.0. The largest absolute Gasteiger partial charge is 0.375 e. The van der Waals surface area contributed by atoms with E-state index in [9.17, 15) is 9.59 Å². The highest BCUT2D eigenvalue weighted by molar-refractivity contribution is 5.90. The van der Waals surface area contributed by atoms with Crippen LogP contribution in [0.2, 0.25) is 0 Å². The minimum Gasteiger partial charge on any atom is -0.375 e. The standard InChI is InChI=1S/C26H39N3O2/c1-18(2)23(24(30)27-10-7-11-29(3)22-8-5-4-6-9-22)28-25(31)26-15-19-12-20(16-26)14-21(13-19)17-26/h4-6,8-9,18-21,23H,7,10-17H2,1-3H3,(H,27,30)(H,28,31). The van der Waals surface area contributed by atoms with Gasteiger partial charge in [0.15, 0.2) is 0 Å². The van der Waals surface area contributed by atoms with Crippen LogP contribution in [0.3, 0.4) is 0 Å². The SMILES string of the molecule is CC(C)C(NC(=O)C12CC3CC(CC(C3)C1)C2)C(=O)NCCCN(C)c1ccccc1. The maximum absolute atomic E-state index is 13.4. The Morgan fingerprint density at radius 1 is 1.03 bits per heavy atom. The van der Waals surface area contributed by atoms with E-state index in [-0.39, 0.29) is 23.1 Å². The number of carbonyl (C=O) groups excluding carboxylic acids is 2. The van der Waals surface area contributed by atoms with Gasteiger partial charge in [0.2, 0.25) is 11.8 Å². The summed E-state index contributed by atoms with van der Waals surface area (Å²) >= 11 is 0. The number of carbonyl (C=O) groups is 2. The van der Waals surface area contributed by atoms with Gasteiger partial charge >= 0.3 is 0 Å². The molecule has 5 rings (SSSR count). The fraction of sp³-hybridized carbons (Fsp3) is 0.692. The minimum absolute atomic E-state index is 0.0459. The fourth-order valence-electron chi connectivity index (χ4n) is 6.67. The first-order chi connectivity index (χ1) is 14.9. The van der Waals surface area contributed by atoms with Crippen LogP contribution in [-0.4, -0.2) is 38.0 Å². The molecule has 4 aliphatic rings. The highest BCUT2D eigenvalue weighted by Crippen LogP contribution is 2.60. The number of rotatable bonds is 9. The molecule has 1 aromatic carbocycles. The Kier molecular flexibility index (Phi) is 6.59. The molecule has 4 aliphatic carbocycles. The molecule has 2 N–H and O–H groups in total. The highest BCUT2D eigenvalue weighted by Gasteiger charge is 2.55. The predicted molar refractivity (Wildman–Crippen MR) is 125 cm³/mol. The van der Waals surface area contributed by atoms with Crippen LogP contribution in [0.4, 0.5) is 5.69 Å². The average molecular weight is 426 g/mol. The van der Waals surface area contributed by atoms with Crippen molar-refractivity contribution in [2.45, 2.75) is 64.8 Å². The number of para-hydroxylation sites is 1. The fourth-order valence-corrected chi connectivity index (χ4v) is 6.67. The molecule has 1 aromatic rings. The van der Waals surface area contributed by atoms with E-state index in [2.05, 4.69) is 34.7 Å². The van der Waals surface area contributed by atoms with Gasteiger partial charge in [-0.15, -0.1) is 0 Å². The van der Waals surface area contributed by atoms with E-state index < -0.39 is 6.04 Å². The monoisotopic (exact) mass is 425 g/mol. The van der Waals surface area contributed by atoms with Gasteiger partial charge in [-0.05, 0) is 80.8 Å². The van der Waals surface area contributed by atoms with Crippen LogP contribution < -0.4 is 15.5 Å². The van der Waals surface area contributed by atoms with Gasteiger partial charge in [-0.2, -0.15) is 0 Å². The normalized spacial score (nSPS) is 29.6. The van der Waals surface area contributed by atoms with Crippen LogP contribution in [0.1, 0.15) is 58.8 Å². The number of hydrogen-bond acceptors (Lipinski definition) is 3. The first kappa shape index (κ1) is 22.2. The maximum atomic E-state index is 13.4. The van der Waals surface area contributed by atoms with Crippen molar-refractivity contribution in [1.82, 2.24) is 10.6 Å². The molecule has 1 atom stereocenters. The Bertz CT molecular complexity index is 741. The Morgan fingerprint density at radius 2 is 1.61 bits per heavy atom. The number of anilines is 1. The summed E-state index contributed by atoms with van der Waals surface area (Å²) in [4.78, 5) is 28.5. The molecule has 4 bridgehead atoms. The first-order valence-corrected chi connectivity index (χ1v) is 12.2. The summed E-state index contributed by atoms with van der Waals surface area (Å²) in [6.45, 7) is 5.53. The summed E-state index contributed by atoms with van der Waals surface area (Å²) in [6, 6.07) is 9.82. The van der Waals surface area contributed by atoms with Gasteiger partial charge in [0.25, 0.3) is 0 Å². The van der Waals surface area contributed by atoms with Crippen LogP contribution >= 0.6 is 0 Å². The van der Waals surface area contributed by atoms with Crippen LogP contribution in [-0.2, 0) is 9.59 Å². The number of hydrogen-bond donors (Lipinski definition) is 2. The molecule has 31 heavy (non-hydrogen) atoms. The second-order valence-corrected chi connectivity index (χ2v) is 10.8. The van der Waals surface area contributed by atoms with Gasteiger partial charge in [0, 0.05) is 31.2 Å². The summed E-state index contributed by atoms with van der Waals surface area (Å²) < 4.78 is 0. The summed E-state index contributed by atoms with van der Waals surface area (Å²) in [5, 5.41) is 6.26. The second kappa shape index (κ2) is 9.22. The second-order valence-electron chi connectivity index (χ2n) is 10.8. The van der Waals surface area contributed by atoms with E-state index in [1.807, 2.05) is 32.0 Å². The lowest BCUT2D eigenvalue weighted by Gasteiger charge is -2.55. The Balaban J connectivity index is 1.27. The van der Waals surface area contributed by atoms with E-state index in [4.69, 9.17) is 0 Å². The number of amides is 2. The van der Waals surface area contributed by atoms with Crippen molar-refractivity contribution in [2.24, 2.45) is 29.1 Å². The summed E-state index contributed by atoms with van der Waals surface area (Å²) in [5.41, 5.74) is 0.970. The lowest BCUT2D eigenvalue weighted by molar-refractivity contribution is -0.149. The molecule has 170 valence electrons. The lowest BCUT2D eigenvalue weighted by atomic mass is 9.49. The van der Waals surface area contributed by atoms with Crippen molar-refractivity contribution >= 4 is 17.5 Å². The van der Waals surface area contributed by atoms with Crippen LogP contribution in [0.5, 0.6) is 0 Å². The molecule has 0 radical (unpaired) electrons. The number of nitrogens with one attached hydrogen (secondary N) is 2. The first-order valence-electron chi connectivity index (χ1n) is 12.2. The Hall–Kier alpha value is -2.04. The summed E-state index contributed by atoms with van der Waals surface area (Å²) in [6.07, 6.45) is 7.91. The van der Waals surface area contributed by atoms with Gasteiger partial charge in [0.1, 0.15) is 6.04 Å². The summed E-state index contributed by atoms with van der Waals surface area (Å²) in [5.74, 6) is 2.35. The molecule has 0 aromatic heterocycles. The molecular formula is C26H39N3O2. The molecule has 1 unspecified atom stereocenters. The molecule has 4 fully saturated rings. The minimum atomic E-state index is -0.452. The molecule has 0 aliphatic heterocycles. The van der Waals surface area contributed by atoms with Crippen molar-refractivity contribution in [1.29, 1.82) is 0 Å². The third-order valence-corrected chi connectivity index (χ3v) is 7.92. The van der Waals surface area contributed by atoms with Gasteiger partial charge in [-0.25, -0.2) is 0 Å². The third kappa shape index (κ3) is 4.91. The van der Waals surface area contributed by atoms with Crippen molar-refractivity contribution in [3.05, 3.63) is 30.3 Å². The topological polar surface area (TPSA) is 61.4 Å². The highest BCUT2D eigenvalue weighted by atomic mass is 16.2. The third-order valence-electron chi connectivity index (χ3n) is 7.92. The van der Waals surface area contributed by atoms with Gasteiger partial charge in [-0.1, -0.05) is 32.0 Å². The van der Waals surface area contributed by atoms with Crippen LogP contribution in [0.25, 0.3) is 0 Å². The average Bonchev–Trinajstić information content (AvgIpc) is 2.74. The molecule has 5 heteroatoms. The maximum Gasteiger partial charge on any atom is 0.242 e. The van der Waals surface area contributed by atoms with E-state index in [1.54, 1.807) is 0 Å². The number of nitrogens with zero attached hydrogens (tertiary/aromatic N) is 1. The number of benzene rings is 1. The van der Waals surface area contributed by atoms with Crippen LogP contribution in [0, 0.1) is 29.1 Å². The molecule has 0 heterocycles. The van der Waals surface area contributed by atoms with E-state index in [0.29, 0.717) is 6.54 Å². The lowest BCUT2D eigenvalue weighted by Crippen LogP contribution is -2.58. The van der Waals surface area contributed by atoms with Crippen molar-refractivity contribution in [3.63, 3.8) is 0 Å². The molecule has 2 amide bonds. The van der Waals surface area contributed by atoms with Crippen LogP contribution in [0.15, 0.2) is 30.3 Å². The Morgan fingerprint density at radius 3 is 2.16 bits per heavy atom. The van der Waals surface area contributed by atoms with E-state index in [0.717, 1.165) is 50.0 Å². The molecular weight excluding hydrogens is 386 g/mol.